The van der Waals surface area contributed by atoms with Gasteiger partial charge in [-0.15, -0.1) is 0 Å². The number of aromatic nitrogens is 1. The first-order valence-electron chi connectivity index (χ1n) is 10.5. The summed E-state index contributed by atoms with van der Waals surface area (Å²) in [6.07, 6.45) is 5.51. The van der Waals surface area contributed by atoms with E-state index in [0.717, 1.165) is 49.9 Å². The van der Waals surface area contributed by atoms with Crippen molar-refractivity contribution in [3.05, 3.63) is 53.3 Å². The molecule has 1 aromatic carbocycles. The zero-order valence-electron chi connectivity index (χ0n) is 18.1. The molecule has 0 amide bonds. The van der Waals surface area contributed by atoms with Crippen molar-refractivity contribution in [2.45, 2.75) is 40.5 Å². The van der Waals surface area contributed by atoms with Gasteiger partial charge in [0.25, 0.3) is 0 Å². The maximum Gasteiger partial charge on any atom is 0.191 e. The summed E-state index contributed by atoms with van der Waals surface area (Å²) in [7, 11) is 0. The minimum atomic E-state index is 0.621. The molecule has 2 N–H and O–H groups in total. The summed E-state index contributed by atoms with van der Waals surface area (Å²) in [5, 5.41) is 6.72. The van der Waals surface area contributed by atoms with E-state index >= 15 is 0 Å². The van der Waals surface area contributed by atoms with E-state index in [1.54, 1.807) is 0 Å². The molecule has 29 heavy (non-hydrogen) atoms. The molecule has 0 bridgehead atoms. The summed E-state index contributed by atoms with van der Waals surface area (Å²) >= 11 is 0. The number of nitrogens with one attached hydrogen (secondary N) is 2. The van der Waals surface area contributed by atoms with Crippen LogP contribution in [0.1, 0.15) is 37.5 Å². The van der Waals surface area contributed by atoms with E-state index in [4.69, 9.17) is 14.5 Å². The average molecular weight is 399 g/mol. The molecule has 0 unspecified atom stereocenters. The second-order valence-corrected chi connectivity index (χ2v) is 6.64. The van der Waals surface area contributed by atoms with Crippen LogP contribution < -0.4 is 20.1 Å². The van der Waals surface area contributed by atoms with Gasteiger partial charge in [0.1, 0.15) is 0 Å². The number of rotatable bonds is 11. The number of pyridine rings is 1. The Morgan fingerprint density at radius 1 is 1.00 bits per heavy atom. The fourth-order valence-corrected chi connectivity index (χ4v) is 2.99. The number of hydrogen-bond donors (Lipinski definition) is 2. The first-order chi connectivity index (χ1) is 14.2. The summed E-state index contributed by atoms with van der Waals surface area (Å²) < 4.78 is 11.3. The van der Waals surface area contributed by atoms with Crippen LogP contribution in [-0.4, -0.2) is 43.8 Å². The fourth-order valence-electron chi connectivity index (χ4n) is 2.99. The van der Waals surface area contributed by atoms with Gasteiger partial charge in [0.15, 0.2) is 17.5 Å². The zero-order valence-corrected chi connectivity index (χ0v) is 18.1. The Balaban J connectivity index is 1.89. The lowest BCUT2D eigenvalue weighted by atomic mass is 10.1. The summed E-state index contributed by atoms with van der Waals surface area (Å²) in [5.74, 6) is 2.45. The third-order valence-corrected chi connectivity index (χ3v) is 4.45. The number of guanidine groups is 1. The lowest BCUT2D eigenvalue weighted by Crippen LogP contribution is -2.38. The Morgan fingerprint density at radius 3 is 2.52 bits per heavy atom. The molecule has 1 aromatic heterocycles. The minimum absolute atomic E-state index is 0.621. The van der Waals surface area contributed by atoms with E-state index in [9.17, 15) is 0 Å². The van der Waals surface area contributed by atoms with Crippen LogP contribution in [0.15, 0.2) is 41.7 Å². The van der Waals surface area contributed by atoms with Crippen molar-refractivity contribution in [1.29, 1.82) is 0 Å². The van der Waals surface area contributed by atoms with Gasteiger partial charge >= 0.3 is 0 Å². The van der Waals surface area contributed by atoms with Crippen molar-refractivity contribution >= 4 is 5.96 Å². The molecule has 0 atom stereocenters. The Labute approximate surface area is 174 Å². The molecule has 6 heteroatoms. The molecule has 0 aliphatic carbocycles. The van der Waals surface area contributed by atoms with Gasteiger partial charge < -0.3 is 20.1 Å². The molecule has 1 heterocycles. The van der Waals surface area contributed by atoms with E-state index < -0.39 is 0 Å². The van der Waals surface area contributed by atoms with Gasteiger partial charge in [0.05, 0.1) is 13.2 Å². The highest BCUT2D eigenvalue weighted by Crippen LogP contribution is 2.28. The SMILES string of the molecule is CCNC(=NCCc1ccncc1C)NCCc1ccc(OCC)c(OCC)c1. The Morgan fingerprint density at radius 2 is 1.79 bits per heavy atom. The second kappa shape index (κ2) is 12.6. The van der Waals surface area contributed by atoms with Crippen molar-refractivity contribution in [2.24, 2.45) is 4.99 Å². The number of aryl methyl sites for hydroxylation is 1. The average Bonchev–Trinajstić information content (AvgIpc) is 2.71. The highest BCUT2D eigenvalue weighted by atomic mass is 16.5. The lowest BCUT2D eigenvalue weighted by molar-refractivity contribution is 0.287. The Bertz CT molecular complexity index is 777. The van der Waals surface area contributed by atoms with Gasteiger partial charge in [-0.05, 0) is 75.4 Å². The molecule has 0 saturated carbocycles. The Hall–Kier alpha value is -2.76. The molecule has 0 aliphatic heterocycles. The number of nitrogens with zero attached hydrogens (tertiary/aromatic N) is 2. The van der Waals surface area contributed by atoms with Gasteiger partial charge in [-0.2, -0.15) is 0 Å². The normalized spacial score (nSPS) is 11.2. The van der Waals surface area contributed by atoms with Crippen LogP contribution in [0, 0.1) is 6.92 Å². The molecule has 0 radical (unpaired) electrons. The van der Waals surface area contributed by atoms with Gasteiger partial charge in [-0.1, -0.05) is 6.07 Å². The van der Waals surface area contributed by atoms with Crippen LogP contribution in [0.4, 0.5) is 0 Å². The monoisotopic (exact) mass is 398 g/mol. The number of ether oxygens (including phenoxy) is 2. The van der Waals surface area contributed by atoms with E-state index in [1.807, 2.05) is 32.3 Å². The summed E-state index contributed by atoms with van der Waals surface area (Å²) in [6, 6.07) is 8.20. The van der Waals surface area contributed by atoms with E-state index in [-0.39, 0.29) is 0 Å². The molecule has 158 valence electrons. The van der Waals surface area contributed by atoms with Gasteiger partial charge in [-0.3, -0.25) is 9.98 Å². The summed E-state index contributed by atoms with van der Waals surface area (Å²) in [4.78, 5) is 8.84. The van der Waals surface area contributed by atoms with Crippen molar-refractivity contribution in [3.8, 4) is 11.5 Å². The Kier molecular flexibility index (Phi) is 9.83. The van der Waals surface area contributed by atoms with Crippen LogP contribution >= 0.6 is 0 Å². The largest absolute Gasteiger partial charge is 0.490 e. The van der Waals surface area contributed by atoms with Crippen molar-refractivity contribution < 1.29 is 9.47 Å². The maximum atomic E-state index is 5.72. The minimum Gasteiger partial charge on any atom is -0.490 e. The second-order valence-electron chi connectivity index (χ2n) is 6.64. The van der Waals surface area contributed by atoms with Crippen LogP contribution in [-0.2, 0) is 12.8 Å². The first kappa shape index (κ1) is 22.5. The van der Waals surface area contributed by atoms with Gasteiger partial charge in [-0.25, -0.2) is 0 Å². The van der Waals surface area contributed by atoms with Crippen molar-refractivity contribution in [3.63, 3.8) is 0 Å². The molecular formula is C23H34N4O2. The maximum absolute atomic E-state index is 5.72. The predicted octanol–water partition coefficient (Wildman–Crippen LogP) is 3.53. The van der Waals surface area contributed by atoms with Crippen LogP contribution in [0.25, 0.3) is 0 Å². The molecule has 6 nitrogen and oxygen atoms in total. The highest BCUT2D eigenvalue weighted by molar-refractivity contribution is 5.79. The highest BCUT2D eigenvalue weighted by Gasteiger charge is 2.06. The molecule has 0 fully saturated rings. The predicted molar refractivity (Wildman–Crippen MR) is 119 cm³/mol. The van der Waals surface area contributed by atoms with Crippen LogP contribution in [0.2, 0.25) is 0 Å². The smallest absolute Gasteiger partial charge is 0.191 e. The molecular weight excluding hydrogens is 364 g/mol. The number of hydrogen-bond acceptors (Lipinski definition) is 4. The van der Waals surface area contributed by atoms with Crippen LogP contribution in [0.5, 0.6) is 11.5 Å². The van der Waals surface area contributed by atoms with Crippen molar-refractivity contribution in [1.82, 2.24) is 15.6 Å². The lowest BCUT2D eigenvalue weighted by Gasteiger charge is -2.14. The fraction of sp³-hybridized carbons (Fsp3) is 0.478. The first-order valence-corrected chi connectivity index (χ1v) is 10.5. The van der Waals surface area contributed by atoms with E-state index in [2.05, 4.69) is 47.7 Å². The molecule has 0 saturated heterocycles. The van der Waals surface area contributed by atoms with E-state index in [1.165, 1.54) is 16.7 Å². The summed E-state index contributed by atoms with van der Waals surface area (Å²) in [6.45, 7) is 11.7. The summed E-state index contributed by atoms with van der Waals surface area (Å²) in [5.41, 5.74) is 3.70. The van der Waals surface area contributed by atoms with Crippen LogP contribution in [0.3, 0.4) is 0 Å². The molecule has 0 aliphatic rings. The standard InChI is InChI=1S/C23H34N4O2/c1-5-25-23(27-15-12-20-11-13-24-17-18(20)4)26-14-10-19-8-9-21(28-6-2)22(16-19)29-7-3/h8-9,11,13,16-17H,5-7,10,12,14-15H2,1-4H3,(H2,25,26,27). The molecule has 2 rings (SSSR count). The quantitative estimate of drug-likeness (QED) is 0.448. The number of benzene rings is 1. The van der Waals surface area contributed by atoms with Crippen molar-refractivity contribution in [2.75, 3.05) is 32.8 Å². The molecule has 0 spiro atoms. The third kappa shape index (κ3) is 7.64. The van der Waals surface area contributed by atoms with Gasteiger partial charge in [0, 0.05) is 32.0 Å². The third-order valence-electron chi connectivity index (χ3n) is 4.45. The van der Waals surface area contributed by atoms with E-state index in [0.29, 0.717) is 13.2 Å². The topological polar surface area (TPSA) is 67.8 Å². The zero-order chi connectivity index (χ0) is 20.9. The molecule has 2 aromatic rings. The number of aliphatic imine (C=N–C) groups is 1. The van der Waals surface area contributed by atoms with Gasteiger partial charge in [0.2, 0.25) is 0 Å².